The van der Waals surface area contributed by atoms with E-state index in [-0.39, 0.29) is 5.91 Å². The first-order valence-electron chi connectivity index (χ1n) is 13.3. The Hall–Kier alpha value is -2.57. The lowest BCUT2D eigenvalue weighted by Crippen LogP contribution is -2.29. The number of aliphatic carboxylic acids is 2. The third-order valence-electron chi connectivity index (χ3n) is 4.87. The van der Waals surface area contributed by atoms with Gasteiger partial charge in [-0.2, -0.15) is 13.2 Å². The normalized spacial score (nSPS) is 9.95. The molecule has 0 saturated heterocycles. The number of carbonyl (C=O) groups excluding carboxylic acids is 2. The van der Waals surface area contributed by atoms with Crippen molar-refractivity contribution in [3.8, 4) is 0 Å². The summed E-state index contributed by atoms with van der Waals surface area (Å²) in [7, 11) is 0. The molecule has 0 aliphatic heterocycles. The number of amides is 3. The maximum Gasteiger partial charge on any atom is 0.490 e. The molecule has 0 spiro atoms. The first kappa shape index (κ1) is 42.5. The molecule has 13 heteroatoms. The number of carboxylic acids is 2. The number of alkyl halides is 3. The molecule has 9 N–H and O–H groups in total. The van der Waals surface area contributed by atoms with Gasteiger partial charge in [0.15, 0.2) is 0 Å². The van der Waals surface area contributed by atoms with Crippen LogP contribution >= 0.6 is 0 Å². The highest BCUT2D eigenvalue weighted by Gasteiger charge is 2.38. The van der Waals surface area contributed by atoms with Crippen LogP contribution in [-0.4, -0.2) is 40.3 Å². The van der Waals surface area contributed by atoms with Crippen LogP contribution in [0.15, 0.2) is 0 Å². The summed E-state index contributed by atoms with van der Waals surface area (Å²) in [5, 5.41) is 15.0. The maximum atomic E-state index is 10.9. The van der Waals surface area contributed by atoms with Gasteiger partial charge in [-0.15, -0.1) is 0 Å². The standard InChI is InChI=1S/C18H38N2O.C4H8O2.C2HF3O2.CH4N2O/c1-2-3-4-5-6-7-8-9-10-11-12-13-14-15-16-17-18(21)20-19;1-2-3-4(5)6;3-2(4,5)1(6)7;2-1(3)4/h2-17,19H2,1H3,(H,20,21);2-3H2,1H3,(H,5,6);(H,6,7);(H4,2,3,4). The second kappa shape index (κ2) is 32.5. The van der Waals surface area contributed by atoms with Crippen molar-refractivity contribution < 1.29 is 42.6 Å². The van der Waals surface area contributed by atoms with Gasteiger partial charge in [0.05, 0.1) is 0 Å². The summed E-state index contributed by atoms with van der Waals surface area (Å²) in [5.74, 6) is 1.53. The molecule has 3 amide bonds. The number of hydrazine groups is 1. The predicted octanol–water partition coefficient (Wildman–Crippen LogP) is 5.77. The van der Waals surface area contributed by atoms with Crippen molar-refractivity contribution in [2.24, 2.45) is 17.3 Å². The number of hydrogen-bond donors (Lipinski definition) is 6. The van der Waals surface area contributed by atoms with Gasteiger partial charge in [-0.25, -0.2) is 15.4 Å². The fourth-order valence-electron chi connectivity index (χ4n) is 2.94. The molecule has 0 aromatic rings. The van der Waals surface area contributed by atoms with Gasteiger partial charge in [-0.3, -0.25) is 15.0 Å². The molecule has 0 aliphatic rings. The first-order valence-corrected chi connectivity index (χ1v) is 13.3. The van der Waals surface area contributed by atoms with Crippen LogP contribution in [0.3, 0.4) is 0 Å². The lowest BCUT2D eigenvalue weighted by atomic mass is 10.0. The minimum atomic E-state index is -5.08. The first-order chi connectivity index (χ1) is 17.8. The van der Waals surface area contributed by atoms with Gasteiger partial charge in [0.25, 0.3) is 0 Å². The van der Waals surface area contributed by atoms with Crippen LogP contribution in [0.5, 0.6) is 0 Å². The molecule has 0 atom stereocenters. The molecule has 0 rings (SSSR count). The second-order valence-electron chi connectivity index (χ2n) is 8.62. The Morgan fingerprint density at radius 3 is 1.11 bits per heavy atom. The van der Waals surface area contributed by atoms with Crippen molar-refractivity contribution in [2.45, 2.75) is 136 Å². The fraction of sp³-hybridized carbons (Fsp3) is 0.840. The van der Waals surface area contributed by atoms with Crippen molar-refractivity contribution in [1.82, 2.24) is 5.43 Å². The third kappa shape index (κ3) is 54.4. The summed E-state index contributed by atoms with van der Waals surface area (Å²) < 4.78 is 31.7. The molecule has 0 heterocycles. The Morgan fingerprint density at radius 2 is 0.921 bits per heavy atom. The smallest absolute Gasteiger partial charge is 0.481 e. The van der Waals surface area contributed by atoms with Gasteiger partial charge in [0.1, 0.15) is 0 Å². The predicted molar refractivity (Wildman–Crippen MR) is 142 cm³/mol. The number of unbranched alkanes of at least 4 members (excludes halogenated alkanes) is 14. The summed E-state index contributed by atoms with van der Waals surface area (Å²) >= 11 is 0. The molecule has 0 saturated carbocycles. The molecule has 0 bridgehead atoms. The van der Waals surface area contributed by atoms with Crippen LogP contribution in [0.1, 0.15) is 129 Å². The zero-order chi connectivity index (χ0) is 30.2. The van der Waals surface area contributed by atoms with E-state index < -0.39 is 24.1 Å². The van der Waals surface area contributed by atoms with Gasteiger partial charge >= 0.3 is 24.1 Å². The SMILES string of the molecule is CCCC(=O)O.CCCCCCCCCCCCCCCCCC(=O)NN.NC(N)=O.O=C(O)C(F)(F)F. The molecular weight excluding hydrogens is 509 g/mol. The molecular formula is C25H51F3N4O6. The monoisotopic (exact) mass is 560 g/mol. The summed E-state index contributed by atoms with van der Waals surface area (Å²) in [6.07, 6.45) is 16.8. The van der Waals surface area contributed by atoms with Crippen LogP contribution in [0, 0.1) is 0 Å². The maximum absolute atomic E-state index is 10.9. The van der Waals surface area contributed by atoms with Crippen LogP contribution in [0.4, 0.5) is 18.0 Å². The highest BCUT2D eigenvalue weighted by molar-refractivity contribution is 5.75. The lowest BCUT2D eigenvalue weighted by Gasteiger charge is -2.03. The summed E-state index contributed by atoms with van der Waals surface area (Å²) in [4.78, 5) is 38.4. The molecule has 0 fully saturated rings. The number of rotatable bonds is 18. The van der Waals surface area contributed by atoms with Gasteiger partial charge in [0, 0.05) is 12.8 Å². The minimum Gasteiger partial charge on any atom is -0.481 e. The van der Waals surface area contributed by atoms with E-state index in [0.717, 1.165) is 19.3 Å². The van der Waals surface area contributed by atoms with E-state index in [2.05, 4.69) is 23.8 Å². The Morgan fingerprint density at radius 1 is 0.632 bits per heavy atom. The Bertz CT molecular complexity index is 576. The van der Waals surface area contributed by atoms with Gasteiger partial charge < -0.3 is 21.7 Å². The van der Waals surface area contributed by atoms with E-state index in [1.807, 2.05) is 6.92 Å². The Labute approximate surface area is 225 Å². The van der Waals surface area contributed by atoms with Gasteiger partial charge in [-0.1, -0.05) is 104 Å². The van der Waals surface area contributed by atoms with E-state index in [1.165, 1.54) is 83.5 Å². The van der Waals surface area contributed by atoms with Gasteiger partial charge in [-0.05, 0) is 12.8 Å². The quantitative estimate of drug-likeness (QED) is 0.0529. The largest absolute Gasteiger partial charge is 0.490 e. The second-order valence-corrected chi connectivity index (χ2v) is 8.62. The molecule has 38 heavy (non-hydrogen) atoms. The summed E-state index contributed by atoms with van der Waals surface area (Å²) in [5.41, 5.74) is 10.7. The average Bonchev–Trinajstić information content (AvgIpc) is 2.81. The number of urea groups is 1. The van der Waals surface area contributed by atoms with Crippen molar-refractivity contribution in [3.05, 3.63) is 0 Å². The highest BCUT2D eigenvalue weighted by Crippen LogP contribution is 2.14. The van der Waals surface area contributed by atoms with E-state index in [4.69, 9.17) is 25.6 Å². The van der Waals surface area contributed by atoms with Crippen LogP contribution in [0.2, 0.25) is 0 Å². The lowest BCUT2D eigenvalue weighted by molar-refractivity contribution is -0.192. The zero-order valence-corrected chi connectivity index (χ0v) is 23.1. The van der Waals surface area contributed by atoms with Crippen molar-refractivity contribution in [1.29, 1.82) is 0 Å². The average molecular weight is 561 g/mol. The summed E-state index contributed by atoms with van der Waals surface area (Å²) in [6, 6.07) is -0.833. The Kier molecular flexibility index (Phi) is 36.3. The Balaban J connectivity index is -0.000000274. The number of hydrogen-bond acceptors (Lipinski definition) is 5. The van der Waals surface area contributed by atoms with E-state index in [9.17, 15) is 22.8 Å². The van der Waals surface area contributed by atoms with Gasteiger partial charge in [0.2, 0.25) is 5.91 Å². The van der Waals surface area contributed by atoms with Crippen LogP contribution in [-0.2, 0) is 14.4 Å². The number of nitrogens with two attached hydrogens (primary N) is 3. The molecule has 0 unspecified atom stereocenters. The zero-order valence-electron chi connectivity index (χ0n) is 23.1. The van der Waals surface area contributed by atoms with Crippen molar-refractivity contribution in [3.63, 3.8) is 0 Å². The van der Waals surface area contributed by atoms with Crippen LogP contribution in [0.25, 0.3) is 0 Å². The highest BCUT2D eigenvalue weighted by atomic mass is 19.4. The molecule has 10 nitrogen and oxygen atoms in total. The fourth-order valence-corrected chi connectivity index (χ4v) is 2.94. The van der Waals surface area contributed by atoms with E-state index in [0.29, 0.717) is 12.8 Å². The number of halogens is 3. The van der Waals surface area contributed by atoms with E-state index >= 15 is 0 Å². The molecule has 0 radical (unpaired) electrons. The topological polar surface area (TPSA) is 199 Å². The molecule has 228 valence electrons. The molecule has 0 aromatic carbocycles. The van der Waals surface area contributed by atoms with Crippen LogP contribution < -0.4 is 22.7 Å². The molecule has 0 aromatic heterocycles. The number of nitrogens with one attached hydrogen (secondary N) is 1. The minimum absolute atomic E-state index is 0.0373. The third-order valence-corrected chi connectivity index (χ3v) is 4.87. The van der Waals surface area contributed by atoms with E-state index in [1.54, 1.807) is 0 Å². The number of carbonyl (C=O) groups is 4. The van der Waals surface area contributed by atoms with Crippen molar-refractivity contribution >= 4 is 23.9 Å². The summed E-state index contributed by atoms with van der Waals surface area (Å²) in [6.45, 7) is 4.12. The van der Waals surface area contributed by atoms with Crippen molar-refractivity contribution in [2.75, 3.05) is 0 Å². The number of primary amides is 2. The molecule has 0 aliphatic carbocycles. The number of carboxylic acid groups (broad SMARTS) is 2.